The van der Waals surface area contributed by atoms with Crippen molar-refractivity contribution in [2.24, 2.45) is 5.92 Å². The number of hydrogen-bond acceptors (Lipinski definition) is 2. The van der Waals surface area contributed by atoms with Crippen LogP contribution >= 0.6 is 11.6 Å². The molecule has 2 nitrogen and oxygen atoms in total. The minimum Gasteiger partial charge on any atom is -0.490 e. The van der Waals surface area contributed by atoms with Crippen molar-refractivity contribution < 1.29 is 17.9 Å². The predicted octanol–water partition coefficient (Wildman–Crippen LogP) is 4.76. The van der Waals surface area contributed by atoms with Crippen LogP contribution in [0, 0.1) is 5.92 Å². The Labute approximate surface area is 139 Å². The number of nitrogens with one attached hydrogen (secondary N) is 1. The molecule has 6 heteroatoms. The minimum absolute atomic E-state index is 0.128. The summed E-state index contributed by atoms with van der Waals surface area (Å²) in [6.45, 7) is 0.757. The van der Waals surface area contributed by atoms with E-state index in [9.17, 15) is 13.2 Å². The van der Waals surface area contributed by atoms with Crippen molar-refractivity contribution in [1.29, 1.82) is 0 Å². The van der Waals surface area contributed by atoms with Gasteiger partial charge in [0.05, 0.1) is 5.56 Å². The Balaban J connectivity index is 2.07. The van der Waals surface area contributed by atoms with E-state index in [2.05, 4.69) is 5.32 Å². The second kappa shape index (κ2) is 7.88. The predicted molar refractivity (Wildman–Crippen MR) is 85.6 cm³/mol. The maximum atomic E-state index is 12.6. The van der Waals surface area contributed by atoms with E-state index in [4.69, 9.17) is 16.3 Å². The molecular weight excluding hydrogens is 327 g/mol. The molecule has 2 rings (SSSR count). The van der Waals surface area contributed by atoms with E-state index in [0.29, 0.717) is 10.8 Å². The molecule has 0 aliphatic heterocycles. The first kappa shape index (κ1) is 17.9. The lowest BCUT2D eigenvalue weighted by Crippen LogP contribution is -2.30. The number of ether oxygens (including phenoxy) is 1. The summed E-state index contributed by atoms with van der Waals surface area (Å²) in [5, 5.41) is 3.76. The molecule has 0 spiro atoms. The SMILES string of the molecule is CNCCC(Oc1ccc(C(F)(F)F)cc1)C1C=CC(Cl)=CC1. The lowest BCUT2D eigenvalue weighted by molar-refractivity contribution is -0.137. The van der Waals surface area contributed by atoms with Gasteiger partial charge in [-0.2, -0.15) is 13.2 Å². The molecule has 1 N–H and O–H groups in total. The molecule has 2 atom stereocenters. The second-order valence-electron chi connectivity index (χ2n) is 5.42. The molecule has 1 aliphatic carbocycles. The fourth-order valence-electron chi connectivity index (χ4n) is 2.43. The van der Waals surface area contributed by atoms with Crippen LogP contribution in [-0.4, -0.2) is 19.7 Å². The van der Waals surface area contributed by atoms with E-state index in [1.807, 2.05) is 25.3 Å². The van der Waals surface area contributed by atoms with Gasteiger partial charge >= 0.3 is 6.18 Å². The zero-order valence-corrected chi connectivity index (χ0v) is 13.5. The molecule has 0 saturated heterocycles. The molecule has 0 bridgehead atoms. The monoisotopic (exact) mass is 345 g/mol. The Kier molecular flexibility index (Phi) is 6.13. The van der Waals surface area contributed by atoms with Crippen LogP contribution in [0.15, 0.2) is 47.5 Å². The van der Waals surface area contributed by atoms with Crippen molar-refractivity contribution >= 4 is 11.6 Å². The van der Waals surface area contributed by atoms with Crippen molar-refractivity contribution in [2.75, 3.05) is 13.6 Å². The largest absolute Gasteiger partial charge is 0.490 e. The third-order valence-electron chi connectivity index (χ3n) is 3.71. The minimum atomic E-state index is -4.34. The normalized spacial score (nSPS) is 19.3. The second-order valence-corrected chi connectivity index (χ2v) is 5.85. The highest BCUT2D eigenvalue weighted by Gasteiger charge is 2.30. The highest BCUT2D eigenvalue weighted by molar-refractivity contribution is 6.31. The molecule has 0 heterocycles. The van der Waals surface area contributed by atoms with Crippen LogP contribution in [-0.2, 0) is 6.18 Å². The van der Waals surface area contributed by atoms with Gasteiger partial charge < -0.3 is 10.1 Å². The molecule has 0 fully saturated rings. The summed E-state index contributed by atoms with van der Waals surface area (Å²) in [6.07, 6.45) is 2.79. The first-order valence-corrected chi connectivity index (χ1v) is 7.80. The van der Waals surface area contributed by atoms with Crippen LogP contribution in [0.1, 0.15) is 18.4 Å². The lowest BCUT2D eigenvalue weighted by atomic mass is 9.92. The first-order chi connectivity index (χ1) is 10.9. The van der Waals surface area contributed by atoms with Gasteiger partial charge in [-0.25, -0.2) is 0 Å². The van der Waals surface area contributed by atoms with Gasteiger partial charge in [0, 0.05) is 11.0 Å². The van der Waals surface area contributed by atoms with Gasteiger partial charge in [-0.3, -0.25) is 0 Å². The van der Waals surface area contributed by atoms with Gasteiger partial charge in [-0.15, -0.1) is 0 Å². The third kappa shape index (κ3) is 5.29. The van der Waals surface area contributed by atoms with E-state index in [-0.39, 0.29) is 12.0 Å². The maximum absolute atomic E-state index is 12.6. The Hall–Kier alpha value is -1.46. The molecule has 23 heavy (non-hydrogen) atoms. The van der Waals surface area contributed by atoms with Crippen LogP contribution in [0.5, 0.6) is 5.75 Å². The molecule has 0 radical (unpaired) electrons. The van der Waals surface area contributed by atoms with Crippen molar-refractivity contribution in [3.05, 3.63) is 53.1 Å². The van der Waals surface area contributed by atoms with Crippen molar-refractivity contribution in [2.45, 2.75) is 25.1 Å². The molecule has 0 saturated carbocycles. The van der Waals surface area contributed by atoms with E-state index in [1.165, 1.54) is 12.1 Å². The van der Waals surface area contributed by atoms with Crippen LogP contribution in [0.3, 0.4) is 0 Å². The molecule has 1 aromatic carbocycles. The first-order valence-electron chi connectivity index (χ1n) is 7.42. The van der Waals surface area contributed by atoms with Crippen LogP contribution in [0.2, 0.25) is 0 Å². The average molecular weight is 346 g/mol. The van der Waals surface area contributed by atoms with Crippen LogP contribution in [0.4, 0.5) is 13.2 Å². The van der Waals surface area contributed by atoms with Crippen LogP contribution in [0.25, 0.3) is 0 Å². The zero-order chi connectivity index (χ0) is 16.9. The summed E-state index contributed by atoms with van der Waals surface area (Å²) in [5.41, 5.74) is -0.677. The smallest absolute Gasteiger partial charge is 0.416 e. The number of halogens is 4. The summed E-state index contributed by atoms with van der Waals surface area (Å²) in [7, 11) is 1.85. The molecule has 1 aliphatic rings. The summed E-state index contributed by atoms with van der Waals surface area (Å²) in [6, 6.07) is 4.81. The molecule has 0 aromatic heterocycles. The summed E-state index contributed by atoms with van der Waals surface area (Å²) >= 11 is 5.93. The number of rotatable bonds is 6. The van der Waals surface area contributed by atoms with Crippen molar-refractivity contribution in [1.82, 2.24) is 5.32 Å². The summed E-state index contributed by atoms with van der Waals surface area (Å²) in [5.74, 6) is 0.585. The number of benzene rings is 1. The van der Waals surface area contributed by atoms with Gasteiger partial charge in [-0.05, 0) is 56.8 Å². The van der Waals surface area contributed by atoms with Gasteiger partial charge in [0.15, 0.2) is 0 Å². The lowest BCUT2D eigenvalue weighted by Gasteiger charge is -2.27. The van der Waals surface area contributed by atoms with Gasteiger partial charge in [0.25, 0.3) is 0 Å². The Morgan fingerprint density at radius 3 is 2.52 bits per heavy atom. The fourth-order valence-corrected chi connectivity index (χ4v) is 2.59. The number of alkyl halides is 3. The average Bonchev–Trinajstić information content (AvgIpc) is 2.52. The van der Waals surface area contributed by atoms with Crippen molar-refractivity contribution in [3.63, 3.8) is 0 Å². The molecule has 0 amide bonds. The van der Waals surface area contributed by atoms with E-state index >= 15 is 0 Å². The Bertz CT molecular complexity index is 566. The quantitative estimate of drug-likeness (QED) is 0.802. The van der Waals surface area contributed by atoms with Gasteiger partial charge in [0.1, 0.15) is 11.9 Å². The van der Waals surface area contributed by atoms with Gasteiger partial charge in [0.2, 0.25) is 0 Å². The maximum Gasteiger partial charge on any atom is 0.416 e. The van der Waals surface area contributed by atoms with E-state index in [1.54, 1.807) is 0 Å². The topological polar surface area (TPSA) is 21.3 Å². The summed E-state index contributed by atoms with van der Waals surface area (Å²) in [4.78, 5) is 0. The zero-order valence-electron chi connectivity index (χ0n) is 12.7. The molecule has 126 valence electrons. The standard InChI is InChI=1S/C17H19ClF3NO/c1-22-11-10-16(12-2-6-14(18)7-3-12)23-15-8-4-13(5-9-15)17(19,20)21/h2,4-9,12,16,22H,3,10-11H2,1H3. The van der Waals surface area contributed by atoms with E-state index < -0.39 is 11.7 Å². The highest BCUT2D eigenvalue weighted by Crippen LogP contribution is 2.31. The molecule has 2 unspecified atom stereocenters. The summed E-state index contributed by atoms with van der Waals surface area (Å²) < 4.78 is 43.7. The third-order valence-corrected chi connectivity index (χ3v) is 3.99. The molecule has 1 aromatic rings. The number of allylic oxidation sites excluding steroid dienone is 3. The Morgan fingerprint density at radius 1 is 1.30 bits per heavy atom. The van der Waals surface area contributed by atoms with E-state index in [0.717, 1.165) is 31.5 Å². The van der Waals surface area contributed by atoms with Crippen LogP contribution < -0.4 is 10.1 Å². The Morgan fingerprint density at radius 2 is 2.00 bits per heavy atom. The number of hydrogen-bond donors (Lipinski definition) is 1. The van der Waals surface area contributed by atoms with Gasteiger partial charge in [-0.1, -0.05) is 23.8 Å². The highest BCUT2D eigenvalue weighted by atomic mass is 35.5. The van der Waals surface area contributed by atoms with Crippen molar-refractivity contribution in [3.8, 4) is 5.75 Å². The fraction of sp³-hybridized carbons (Fsp3) is 0.412. The molecular formula is C17H19ClF3NO.